The second-order valence-corrected chi connectivity index (χ2v) is 6.10. The minimum atomic E-state index is -0.531. The SMILES string of the molecule is Cc1ccc(C(C)(C)C(=O)NCc2ccccc2C)cc1. The summed E-state index contributed by atoms with van der Waals surface area (Å²) >= 11 is 0. The van der Waals surface area contributed by atoms with Crippen LogP contribution in [0.25, 0.3) is 0 Å². The predicted molar refractivity (Wildman–Crippen MR) is 87.2 cm³/mol. The summed E-state index contributed by atoms with van der Waals surface area (Å²) in [5.74, 6) is 0.0506. The highest BCUT2D eigenvalue weighted by Crippen LogP contribution is 2.24. The van der Waals surface area contributed by atoms with Crippen LogP contribution in [-0.2, 0) is 16.8 Å². The molecule has 1 amide bonds. The summed E-state index contributed by atoms with van der Waals surface area (Å²) in [6.45, 7) is 8.61. The second-order valence-electron chi connectivity index (χ2n) is 6.10. The smallest absolute Gasteiger partial charge is 0.230 e. The molecule has 2 nitrogen and oxygen atoms in total. The van der Waals surface area contributed by atoms with Crippen LogP contribution in [0.4, 0.5) is 0 Å². The van der Waals surface area contributed by atoms with Crippen molar-refractivity contribution < 1.29 is 4.79 Å². The minimum absolute atomic E-state index is 0.0506. The molecule has 110 valence electrons. The predicted octanol–water partition coefficient (Wildman–Crippen LogP) is 3.90. The lowest BCUT2D eigenvalue weighted by Crippen LogP contribution is -2.39. The van der Waals surface area contributed by atoms with Crippen LogP contribution in [0.1, 0.15) is 36.1 Å². The number of amides is 1. The number of benzene rings is 2. The van der Waals surface area contributed by atoms with Gasteiger partial charge in [-0.1, -0.05) is 54.1 Å². The highest BCUT2D eigenvalue weighted by atomic mass is 16.2. The Morgan fingerprint density at radius 3 is 2.24 bits per heavy atom. The fraction of sp³-hybridized carbons (Fsp3) is 0.316. The van der Waals surface area contributed by atoms with Crippen LogP contribution in [-0.4, -0.2) is 5.91 Å². The molecule has 2 rings (SSSR count). The van der Waals surface area contributed by atoms with E-state index < -0.39 is 5.41 Å². The van der Waals surface area contributed by atoms with Gasteiger partial charge in [0.05, 0.1) is 5.41 Å². The van der Waals surface area contributed by atoms with Crippen molar-refractivity contribution in [3.05, 3.63) is 70.8 Å². The summed E-state index contributed by atoms with van der Waals surface area (Å²) in [7, 11) is 0. The van der Waals surface area contributed by atoms with Gasteiger partial charge in [0.2, 0.25) is 5.91 Å². The molecule has 0 atom stereocenters. The Morgan fingerprint density at radius 2 is 1.62 bits per heavy atom. The van der Waals surface area contributed by atoms with E-state index in [9.17, 15) is 4.79 Å². The molecule has 0 spiro atoms. The van der Waals surface area contributed by atoms with Crippen LogP contribution in [0.15, 0.2) is 48.5 Å². The Morgan fingerprint density at radius 1 is 1.00 bits per heavy atom. The van der Waals surface area contributed by atoms with Crippen molar-refractivity contribution in [1.29, 1.82) is 0 Å². The van der Waals surface area contributed by atoms with Gasteiger partial charge in [0, 0.05) is 6.54 Å². The van der Waals surface area contributed by atoms with Crippen LogP contribution in [0.3, 0.4) is 0 Å². The van der Waals surface area contributed by atoms with Crippen molar-refractivity contribution in [1.82, 2.24) is 5.32 Å². The number of hydrogen-bond acceptors (Lipinski definition) is 1. The first-order valence-corrected chi connectivity index (χ1v) is 7.31. The first-order valence-electron chi connectivity index (χ1n) is 7.31. The molecule has 0 aliphatic carbocycles. The third kappa shape index (κ3) is 3.52. The summed E-state index contributed by atoms with van der Waals surface area (Å²) in [4.78, 5) is 12.5. The first kappa shape index (κ1) is 15.3. The average molecular weight is 281 g/mol. The molecule has 0 aliphatic rings. The third-order valence-corrected chi connectivity index (χ3v) is 4.04. The molecule has 2 aromatic rings. The topological polar surface area (TPSA) is 29.1 Å². The van der Waals surface area contributed by atoms with Gasteiger partial charge in [0.15, 0.2) is 0 Å². The van der Waals surface area contributed by atoms with Crippen molar-refractivity contribution in [3.63, 3.8) is 0 Å². The maximum atomic E-state index is 12.5. The van der Waals surface area contributed by atoms with Crippen molar-refractivity contribution in [2.45, 2.75) is 39.7 Å². The van der Waals surface area contributed by atoms with Crippen molar-refractivity contribution in [3.8, 4) is 0 Å². The van der Waals surface area contributed by atoms with Crippen molar-refractivity contribution in [2.75, 3.05) is 0 Å². The highest BCUT2D eigenvalue weighted by Gasteiger charge is 2.29. The molecule has 0 heterocycles. The van der Waals surface area contributed by atoms with Crippen molar-refractivity contribution in [2.24, 2.45) is 0 Å². The standard InChI is InChI=1S/C19H23NO/c1-14-9-11-17(12-10-14)19(3,4)18(21)20-13-16-8-6-5-7-15(16)2/h5-12H,13H2,1-4H3,(H,20,21). The third-order valence-electron chi connectivity index (χ3n) is 4.04. The van der Waals surface area contributed by atoms with Gasteiger partial charge in [-0.3, -0.25) is 4.79 Å². The number of carbonyl (C=O) groups excluding carboxylic acids is 1. The Bertz CT molecular complexity index is 626. The molecular formula is C19H23NO. The number of rotatable bonds is 4. The molecule has 0 unspecified atom stereocenters. The lowest BCUT2D eigenvalue weighted by molar-refractivity contribution is -0.125. The van der Waals surface area contributed by atoms with E-state index in [0.29, 0.717) is 6.54 Å². The van der Waals surface area contributed by atoms with Crippen LogP contribution in [0.2, 0.25) is 0 Å². The fourth-order valence-electron chi connectivity index (χ4n) is 2.31. The lowest BCUT2D eigenvalue weighted by Gasteiger charge is -2.24. The maximum Gasteiger partial charge on any atom is 0.230 e. The zero-order valence-corrected chi connectivity index (χ0v) is 13.2. The normalized spacial score (nSPS) is 11.2. The van der Waals surface area contributed by atoms with Crippen LogP contribution in [0, 0.1) is 13.8 Å². The molecule has 2 aromatic carbocycles. The molecule has 0 radical (unpaired) electrons. The molecule has 21 heavy (non-hydrogen) atoms. The van der Waals surface area contributed by atoms with E-state index >= 15 is 0 Å². The molecule has 0 fully saturated rings. The number of aryl methyl sites for hydroxylation is 2. The van der Waals surface area contributed by atoms with E-state index in [4.69, 9.17) is 0 Å². The van der Waals surface area contributed by atoms with Crippen LogP contribution in [0.5, 0.6) is 0 Å². The van der Waals surface area contributed by atoms with Gasteiger partial charge in [-0.05, 0) is 44.4 Å². The average Bonchev–Trinajstić information content (AvgIpc) is 2.46. The zero-order valence-electron chi connectivity index (χ0n) is 13.2. The zero-order chi connectivity index (χ0) is 15.5. The number of carbonyl (C=O) groups is 1. The summed E-state index contributed by atoms with van der Waals surface area (Å²) in [5, 5.41) is 3.05. The summed E-state index contributed by atoms with van der Waals surface area (Å²) < 4.78 is 0. The summed E-state index contributed by atoms with van der Waals surface area (Å²) in [6.07, 6.45) is 0. The van der Waals surface area contributed by atoms with Gasteiger partial charge in [-0.25, -0.2) is 0 Å². The fourth-order valence-corrected chi connectivity index (χ4v) is 2.31. The Kier molecular flexibility index (Phi) is 4.46. The monoisotopic (exact) mass is 281 g/mol. The van der Waals surface area contributed by atoms with E-state index in [1.165, 1.54) is 11.1 Å². The molecule has 0 bridgehead atoms. The molecule has 0 saturated heterocycles. The van der Waals surface area contributed by atoms with Gasteiger partial charge in [0.1, 0.15) is 0 Å². The van der Waals surface area contributed by atoms with Gasteiger partial charge in [-0.2, -0.15) is 0 Å². The Labute approximate surface area is 127 Å². The molecular weight excluding hydrogens is 258 g/mol. The Hall–Kier alpha value is -2.09. The molecule has 1 N–H and O–H groups in total. The first-order chi connectivity index (χ1) is 9.91. The van der Waals surface area contributed by atoms with E-state index in [1.807, 2.05) is 50.2 Å². The van der Waals surface area contributed by atoms with E-state index in [1.54, 1.807) is 0 Å². The van der Waals surface area contributed by atoms with E-state index in [2.05, 4.69) is 31.3 Å². The molecule has 2 heteroatoms. The molecule has 0 aliphatic heterocycles. The Balaban J connectivity index is 2.08. The van der Waals surface area contributed by atoms with E-state index in [0.717, 1.165) is 11.1 Å². The summed E-state index contributed by atoms with van der Waals surface area (Å²) in [6, 6.07) is 16.3. The largest absolute Gasteiger partial charge is 0.351 e. The number of nitrogens with one attached hydrogen (secondary N) is 1. The van der Waals surface area contributed by atoms with Gasteiger partial charge >= 0.3 is 0 Å². The second kappa shape index (κ2) is 6.13. The van der Waals surface area contributed by atoms with E-state index in [-0.39, 0.29) is 5.91 Å². The molecule has 0 saturated carbocycles. The highest BCUT2D eigenvalue weighted by molar-refractivity contribution is 5.87. The van der Waals surface area contributed by atoms with Gasteiger partial charge in [0.25, 0.3) is 0 Å². The number of hydrogen-bond donors (Lipinski definition) is 1. The van der Waals surface area contributed by atoms with Crippen LogP contribution < -0.4 is 5.32 Å². The molecule has 0 aromatic heterocycles. The quantitative estimate of drug-likeness (QED) is 0.905. The van der Waals surface area contributed by atoms with Gasteiger partial charge < -0.3 is 5.32 Å². The van der Waals surface area contributed by atoms with Crippen molar-refractivity contribution >= 4 is 5.91 Å². The lowest BCUT2D eigenvalue weighted by atomic mass is 9.83. The van der Waals surface area contributed by atoms with Gasteiger partial charge in [-0.15, -0.1) is 0 Å². The maximum absolute atomic E-state index is 12.5. The van der Waals surface area contributed by atoms with Crippen LogP contribution >= 0.6 is 0 Å². The summed E-state index contributed by atoms with van der Waals surface area (Å²) in [5.41, 5.74) is 4.07. The minimum Gasteiger partial charge on any atom is -0.351 e.